The summed E-state index contributed by atoms with van der Waals surface area (Å²) in [7, 11) is 0. The van der Waals surface area contributed by atoms with Crippen LogP contribution in [-0.4, -0.2) is 35.3 Å². The Morgan fingerprint density at radius 3 is 2.59 bits per heavy atom. The summed E-state index contributed by atoms with van der Waals surface area (Å²) in [6, 6.07) is 5.29. The lowest BCUT2D eigenvalue weighted by atomic mass is 10.1. The molecule has 9 heteroatoms. The molecular formula is C18H22N4O5. The number of hydrogen-bond donors (Lipinski definition) is 3. The summed E-state index contributed by atoms with van der Waals surface area (Å²) in [5.74, 6) is 0.764. The van der Waals surface area contributed by atoms with Crippen molar-refractivity contribution in [3.05, 3.63) is 55.9 Å². The van der Waals surface area contributed by atoms with Gasteiger partial charge in [-0.1, -0.05) is 0 Å². The molecule has 0 atom stereocenters. The summed E-state index contributed by atoms with van der Waals surface area (Å²) in [6.07, 6.45) is 1.24. The first-order valence-electron chi connectivity index (χ1n) is 8.48. The van der Waals surface area contributed by atoms with Crippen LogP contribution in [0.2, 0.25) is 0 Å². The second kappa shape index (κ2) is 9.37. The van der Waals surface area contributed by atoms with E-state index in [-0.39, 0.29) is 12.0 Å². The van der Waals surface area contributed by atoms with Gasteiger partial charge in [-0.2, -0.15) is 5.10 Å². The monoisotopic (exact) mass is 374 g/mol. The van der Waals surface area contributed by atoms with Crippen molar-refractivity contribution in [1.82, 2.24) is 15.4 Å². The molecule has 0 radical (unpaired) electrons. The van der Waals surface area contributed by atoms with Gasteiger partial charge in [0.2, 0.25) is 5.91 Å². The molecule has 2 rings (SSSR count). The van der Waals surface area contributed by atoms with Crippen LogP contribution in [0.15, 0.2) is 32.9 Å². The minimum Gasteiger partial charge on any atom is -0.494 e. The van der Waals surface area contributed by atoms with Crippen LogP contribution in [-0.2, 0) is 11.2 Å². The fraction of sp³-hybridized carbons (Fsp3) is 0.333. The Balaban J connectivity index is 2.07. The largest absolute Gasteiger partial charge is 0.494 e. The van der Waals surface area contributed by atoms with Crippen molar-refractivity contribution in [2.24, 2.45) is 5.10 Å². The number of aromatic nitrogens is 2. The van der Waals surface area contributed by atoms with Gasteiger partial charge in [-0.3, -0.25) is 14.6 Å². The maximum absolute atomic E-state index is 12.0. The number of ether oxygens (including phenoxy) is 2. The fourth-order valence-electron chi connectivity index (χ4n) is 2.37. The van der Waals surface area contributed by atoms with E-state index in [4.69, 9.17) is 9.47 Å². The van der Waals surface area contributed by atoms with Gasteiger partial charge in [0.15, 0.2) is 0 Å². The minimum atomic E-state index is -0.612. The van der Waals surface area contributed by atoms with E-state index in [1.807, 2.05) is 13.8 Å². The Morgan fingerprint density at radius 2 is 1.93 bits per heavy atom. The topological polar surface area (TPSA) is 126 Å². The fourth-order valence-corrected chi connectivity index (χ4v) is 2.37. The van der Waals surface area contributed by atoms with Crippen molar-refractivity contribution < 1.29 is 14.3 Å². The van der Waals surface area contributed by atoms with Gasteiger partial charge in [0.1, 0.15) is 11.5 Å². The van der Waals surface area contributed by atoms with Crippen molar-refractivity contribution in [2.45, 2.75) is 27.2 Å². The van der Waals surface area contributed by atoms with Crippen LogP contribution in [0.1, 0.15) is 30.7 Å². The maximum atomic E-state index is 12.0. The van der Waals surface area contributed by atoms with Crippen molar-refractivity contribution in [2.75, 3.05) is 13.2 Å². The standard InChI is InChI=1S/C18H22N4O5/c1-4-26-13-7-6-12(15(8-13)27-5-2)10-19-22-16(23)9-14-11(3)20-18(25)21-17(14)24/h6-8,10H,4-5,9H2,1-3H3,(H,22,23)(H2,20,21,24,25)/b19-10-. The molecule has 0 saturated heterocycles. The van der Waals surface area contributed by atoms with E-state index in [0.717, 1.165) is 0 Å². The zero-order valence-electron chi connectivity index (χ0n) is 15.4. The number of H-pyrrole nitrogens is 2. The third-order valence-corrected chi connectivity index (χ3v) is 3.58. The Bertz CT molecular complexity index is 945. The summed E-state index contributed by atoms with van der Waals surface area (Å²) in [5, 5.41) is 3.90. The smallest absolute Gasteiger partial charge is 0.325 e. The molecule has 144 valence electrons. The molecule has 27 heavy (non-hydrogen) atoms. The van der Waals surface area contributed by atoms with Gasteiger partial charge in [0, 0.05) is 22.9 Å². The molecule has 0 aliphatic rings. The summed E-state index contributed by atoms with van der Waals surface area (Å²) < 4.78 is 11.0. The number of aromatic amines is 2. The van der Waals surface area contributed by atoms with Crippen LogP contribution in [0.5, 0.6) is 11.5 Å². The van der Waals surface area contributed by atoms with Gasteiger partial charge in [0.25, 0.3) is 5.56 Å². The van der Waals surface area contributed by atoms with E-state index in [1.54, 1.807) is 25.1 Å². The molecule has 0 bridgehead atoms. The molecule has 0 saturated carbocycles. The Kier molecular flexibility index (Phi) is 6.93. The number of aryl methyl sites for hydroxylation is 1. The molecule has 0 aliphatic carbocycles. The summed E-state index contributed by atoms with van der Waals surface area (Å²) in [4.78, 5) is 39.5. The molecule has 3 N–H and O–H groups in total. The molecule has 2 aromatic rings. The second-order valence-electron chi connectivity index (χ2n) is 5.55. The number of nitrogens with zero attached hydrogens (tertiary/aromatic N) is 1. The predicted octanol–water partition coefficient (Wildman–Crippen LogP) is 0.862. The predicted molar refractivity (Wildman–Crippen MR) is 101 cm³/mol. The first-order chi connectivity index (χ1) is 12.9. The van der Waals surface area contributed by atoms with E-state index in [2.05, 4.69) is 20.5 Å². The van der Waals surface area contributed by atoms with Gasteiger partial charge in [0.05, 0.1) is 25.8 Å². The number of carbonyl (C=O) groups excluding carboxylic acids is 1. The van der Waals surface area contributed by atoms with Crippen molar-refractivity contribution >= 4 is 12.1 Å². The number of benzene rings is 1. The van der Waals surface area contributed by atoms with Crippen LogP contribution in [0.4, 0.5) is 0 Å². The molecule has 1 amide bonds. The van der Waals surface area contributed by atoms with E-state index in [9.17, 15) is 14.4 Å². The maximum Gasteiger partial charge on any atom is 0.325 e. The number of hydrogen-bond acceptors (Lipinski definition) is 6. The van der Waals surface area contributed by atoms with Crippen molar-refractivity contribution in [3.8, 4) is 11.5 Å². The normalized spacial score (nSPS) is 10.8. The van der Waals surface area contributed by atoms with Gasteiger partial charge in [-0.15, -0.1) is 0 Å². The molecule has 0 aliphatic heterocycles. The van der Waals surface area contributed by atoms with E-state index >= 15 is 0 Å². The highest BCUT2D eigenvalue weighted by Gasteiger charge is 2.11. The molecule has 9 nitrogen and oxygen atoms in total. The molecule has 1 heterocycles. The molecule has 0 unspecified atom stereocenters. The highest BCUT2D eigenvalue weighted by atomic mass is 16.5. The van der Waals surface area contributed by atoms with E-state index in [1.165, 1.54) is 6.21 Å². The average Bonchev–Trinajstić information content (AvgIpc) is 2.60. The lowest BCUT2D eigenvalue weighted by Crippen LogP contribution is -2.30. The molecule has 1 aromatic heterocycles. The highest BCUT2D eigenvalue weighted by Crippen LogP contribution is 2.23. The van der Waals surface area contributed by atoms with Gasteiger partial charge >= 0.3 is 5.69 Å². The minimum absolute atomic E-state index is 0.179. The van der Waals surface area contributed by atoms with Crippen molar-refractivity contribution in [3.63, 3.8) is 0 Å². The average molecular weight is 374 g/mol. The van der Waals surface area contributed by atoms with Crippen LogP contribution < -0.4 is 26.1 Å². The van der Waals surface area contributed by atoms with Gasteiger partial charge in [-0.05, 0) is 32.9 Å². The van der Waals surface area contributed by atoms with Crippen LogP contribution in [0.25, 0.3) is 0 Å². The molecular weight excluding hydrogens is 352 g/mol. The van der Waals surface area contributed by atoms with Crippen LogP contribution in [0, 0.1) is 6.92 Å². The summed E-state index contributed by atoms with van der Waals surface area (Å²) in [6.45, 7) is 6.31. The zero-order chi connectivity index (χ0) is 19.8. The highest BCUT2D eigenvalue weighted by molar-refractivity contribution is 5.86. The lowest BCUT2D eigenvalue weighted by molar-refractivity contribution is -0.120. The Labute approximate surface area is 155 Å². The number of amides is 1. The van der Waals surface area contributed by atoms with Crippen LogP contribution >= 0.6 is 0 Å². The summed E-state index contributed by atoms with van der Waals surface area (Å²) in [5.41, 5.74) is 2.33. The molecule has 0 fully saturated rings. The van der Waals surface area contributed by atoms with Crippen LogP contribution in [0.3, 0.4) is 0 Å². The van der Waals surface area contributed by atoms with Crippen molar-refractivity contribution in [1.29, 1.82) is 0 Å². The number of hydrazone groups is 1. The zero-order valence-corrected chi connectivity index (χ0v) is 15.4. The number of rotatable bonds is 8. The third kappa shape index (κ3) is 5.56. The Hall–Kier alpha value is -3.36. The lowest BCUT2D eigenvalue weighted by Gasteiger charge is -2.10. The third-order valence-electron chi connectivity index (χ3n) is 3.58. The van der Waals surface area contributed by atoms with E-state index in [0.29, 0.717) is 36.0 Å². The van der Waals surface area contributed by atoms with Gasteiger partial charge in [-0.25, -0.2) is 10.2 Å². The summed E-state index contributed by atoms with van der Waals surface area (Å²) >= 11 is 0. The first kappa shape index (κ1) is 20.0. The molecule has 1 aromatic carbocycles. The quantitative estimate of drug-likeness (QED) is 0.467. The van der Waals surface area contributed by atoms with E-state index < -0.39 is 17.2 Å². The number of carbonyl (C=O) groups is 1. The SMILES string of the molecule is CCOc1ccc(/C=N\NC(=O)Cc2c(C)[nH]c(=O)[nH]c2=O)c(OCC)c1. The Morgan fingerprint density at radius 1 is 1.19 bits per heavy atom. The first-order valence-corrected chi connectivity index (χ1v) is 8.48. The number of nitrogens with one attached hydrogen (secondary N) is 3. The second-order valence-corrected chi connectivity index (χ2v) is 5.55. The molecule has 0 spiro atoms. The van der Waals surface area contributed by atoms with Gasteiger partial charge < -0.3 is 14.5 Å².